The second-order valence-electron chi connectivity index (χ2n) is 8.08. The van der Waals surface area contributed by atoms with E-state index in [9.17, 15) is 0 Å². The van der Waals surface area contributed by atoms with E-state index < -0.39 is 0 Å². The maximum absolute atomic E-state index is 5.79. The Bertz CT molecular complexity index is 300. The summed E-state index contributed by atoms with van der Waals surface area (Å²) < 4.78 is 5.79. The van der Waals surface area contributed by atoms with E-state index in [4.69, 9.17) is 4.74 Å². The summed E-state index contributed by atoms with van der Waals surface area (Å²) in [6.45, 7) is 11.6. The van der Waals surface area contributed by atoms with Crippen LogP contribution in [0.15, 0.2) is 0 Å². The van der Waals surface area contributed by atoms with Gasteiger partial charge in [-0.25, -0.2) is 0 Å². The zero-order chi connectivity index (χ0) is 15.3. The van der Waals surface area contributed by atoms with Crippen LogP contribution in [0, 0.1) is 11.3 Å². The smallest absolute Gasteiger partial charge is 0.0702 e. The molecule has 0 aromatic heterocycles. The van der Waals surface area contributed by atoms with Crippen LogP contribution < -0.4 is 5.32 Å². The van der Waals surface area contributed by atoms with Crippen molar-refractivity contribution in [3.63, 3.8) is 0 Å². The van der Waals surface area contributed by atoms with E-state index in [1.807, 2.05) is 0 Å². The molecule has 1 aliphatic heterocycles. The van der Waals surface area contributed by atoms with E-state index in [-0.39, 0.29) is 0 Å². The molecule has 3 atom stereocenters. The Balaban J connectivity index is 1.85. The predicted octanol–water partition coefficient (Wildman–Crippen LogP) is 3.29. The van der Waals surface area contributed by atoms with Crippen molar-refractivity contribution in [2.75, 3.05) is 33.3 Å². The van der Waals surface area contributed by atoms with E-state index in [0.717, 1.165) is 25.6 Å². The lowest BCUT2D eigenvalue weighted by atomic mass is 9.69. The fourth-order valence-corrected chi connectivity index (χ4v) is 4.14. The summed E-state index contributed by atoms with van der Waals surface area (Å²) in [6, 6.07) is 0.713. The average Bonchev–Trinajstić information content (AvgIpc) is 2.89. The van der Waals surface area contributed by atoms with Crippen LogP contribution in [0.4, 0.5) is 0 Å². The van der Waals surface area contributed by atoms with E-state index in [1.165, 1.54) is 45.1 Å². The molecular weight excluding hydrogens is 260 g/mol. The second-order valence-corrected chi connectivity index (χ2v) is 8.08. The van der Waals surface area contributed by atoms with Gasteiger partial charge in [-0.1, -0.05) is 20.8 Å². The third-order valence-electron chi connectivity index (χ3n) is 5.26. The van der Waals surface area contributed by atoms with Crippen LogP contribution in [-0.2, 0) is 4.74 Å². The Kier molecular flexibility index (Phi) is 6.51. The van der Waals surface area contributed by atoms with Crippen molar-refractivity contribution in [3.05, 3.63) is 0 Å². The number of hydrogen-bond acceptors (Lipinski definition) is 3. The standard InChI is InChI=1S/C18H36N2O/c1-5-10-19-17-8-9-18(2,3)12-15(17)13-20(4)14-16-7-6-11-21-16/h15-17,19H,5-14H2,1-4H3. The van der Waals surface area contributed by atoms with Gasteiger partial charge in [0.2, 0.25) is 0 Å². The molecule has 0 radical (unpaired) electrons. The molecule has 0 aromatic carbocycles. The van der Waals surface area contributed by atoms with Gasteiger partial charge in [0.05, 0.1) is 6.10 Å². The van der Waals surface area contributed by atoms with Crippen LogP contribution in [0.3, 0.4) is 0 Å². The molecule has 0 aromatic rings. The van der Waals surface area contributed by atoms with Gasteiger partial charge in [-0.15, -0.1) is 0 Å². The third kappa shape index (κ3) is 5.54. The summed E-state index contributed by atoms with van der Waals surface area (Å²) in [4.78, 5) is 2.52. The lowest BCUT2D eigenvalue weighted by Crippen LogP contribution is -2.48. The van der Waals surface area contributed by atoms with Crippen molar-refractivity contribution < 1.29 is 4.74 Å². The van der Waals surface area contributed by atoms with Gasteiger partial charge in [0.15, 0.2) is 0 Å². The van der Waals surface area contributed by atoms with Crippen LogP contribution in [0.2, 0.25) is 0 Å². The molecule has 2 rings (SSSR count). The first-order chi connectivity index (χ1) is 10.00. The maximum atomic E-state index is 5.79. The maximum Gasteiger partial charge on any atom is 0.0702 e. The first-order valence-corrected chi connectivity index (χ1v) is 9.04. The molecule has 0 amide bonds. The molecule has 3 unspecified atom stereocenters. The fraction of sp³-hybridized carbons (Fsp3) is 1.00. The highest BCUT2D eigenvalue weighted by Crippen LogP contribution is 2.39. The monoisotopic (exact) mass is 296 g/mol. The number of nitrogens with one attached hydrogen (secondary N) is 1. The summed E-state index contributed by atoms with van der Waals surface area (Å²) >= 11 is 0. The molecule has 0 bridgehead atoms. The molecule has 2 aliphatic rings. The number of hydrogen-bond donors (Lipinski definition) is 1. The van der Waals surface area contributed by atoms with Crippen molar-refractivity contribution in [3.8, 4) is 0 Å². The third-order valence-corrected chi connectivity index (χ3v) is 5.26. The van der Waals surface area contributed by atoms with Gasteiger partial charge in [0, 0.05) is 25.7 Å². The van der Waals surface area contributed by atoms with Crippen molar-refractivity contribution in [1.29, 1.82) is 0 Å². The van der Waals surface area contributed by atoms with E-state index in [0.29, 0.717) is 17.6 Å². The van der Waals surface area contributed by atoms with Crippen LogP contribution in [0.1, 0.15) is 59.3 Å². The molecular formula is C18H36N2O. The average molecular weight is 296 g/mol. The number of ether oxygens (including phenoxy) is 1. The van der Waals surface area contributed by atoms with Crippen molar-refractivity contribution >= 4 is 0 Å². The van der Waals surface area contributed by atoms with E-state index >= 15 is 0 Å². The number of rotatable bonds is 7. The van der Waals surface area contributed by atoms with Gasteiger partial charge in [-0.3, -0.25) is 0 Å². The van der Waals surface area contributed by atoms with E-state index in [1.54, 1.807) is 0 Å². The minimum absolute atomic E-state index is 0.480. The fourth-order valence-electron chi connectivity index (χ4n) is 4.14. The lowest BCUT2D eigenvalue weighted by molar-refractivity contribution is 0.0597. The van der Waals surface area contributed by atoms with Crippen LogP contribution >= 0.6 is 0 Å². The highest BCUT2D eigenvalue weighted by Gasteiger charge is 2.35. The van der Waals surface area contributed by atoms with Gasteiger partial charge in [0.1, 0.15) is 0 Å². The van der Waals surface area contributed by atoms with E-state index in [2.05, 4.69) is 38.0 Å². The van der Waals surface area contributed by atoms with Crippen molar-refractivity contribution in [2.24, 2.45) is 11.3 Å². The van der Waals surface area contributed by atoms with Gasteiger partial charge in [-0.2, -0.15) is 0 Å². The first-order valence-electron chi connectivity index (χ1n) is 9.04. The van der Waals surface area contributed by atoms with Gasteiger partial charge in [-0.05, 0) is 63.5 Å². The topological polar surface area (TPSA) is 24.5 Å². The molecule has 3 heteroatoms. The minimum Gasteiger partial charge on any atom is -0.377 e. The van der Waals surface area contributed by atoms with Gasteiger partial charge in [0.25, 0.3) is 0 Å². The zero-order valence-electron chi connectivity index (χ0n) is 14.7. The second kappa shape index (κ2) is 7.94. The highest BCUT2D eigenvalue weighted by atomic mass is 16.5. The molecule has 1 saturated carbocycles. The normalized spacial score (nSPS) is 32.7. The molecule has 1 saturated heterocycles. The van der Waals surface area contributed by atoms with Gasteiger partial charge >= 0.3 is 0 Å². The predicted molar refractivity (Wildman–Crippen MR) is 89.7 cm³/mol. The Morgan fingerprint density at radius 3 is 2.71 bits per heavy atom. The Morgan fingerprint density at radius 1 is 1.24 bits per heavy atom. The summed E-state index contributed by atoms with van der Waals surface area (Å²) in [6.07, 6.45) is 8.26. The quantitative estimate of drug-likeness (QED) is 0.780. The summed E-state index contributed by atoms with van der Waals surface area (Å²) in [5.74, 6) is 0.784. The largest absolute Gasteiger partial charge is 0.377 e. The molecule has 1 aliphatic carbocycles. The molecule has 3 nitrogen and oxygen atoms in total. The Labute approximate surface area is 131 Å². The van der Waals surface area contributed by atoms with Crippen LogP contribution in [0.25, 0.3) is 0 Å². The number of likely N-dealkylation sites (N-methyl/N-ethyl adjacent to an activating group) is 1. The number of nitrogens with zero attached hydrogens (tertiary/aromatic N) is 1. The summed E-state index contributed by atoms with van der Waals surface area (Å²) in [5.41, 5.74) is 0.514. The minimum atomic E-state index is 0.480. The zero-order valence-corrected chi connectivity index (χ0v) is 14.7. The summed E-state index contributed by atoms with van der Waals surface area (Å²) in [7, 11) is 2.28. The van der Waals surface area contributed by atoms with Crippen LogP contribution in [0.5, 0.6) is 0 Å². The molecule has 124 valence electrons. The summed E-state index contributed by atoms with van der Waals surface area (Å²) in [5, 5.41) is 3.80. The Morgan fingerprint density at radius 2 is 2.05 bits per heavy atom. The molecule has 1 N–H and O–H groups in total. The molecule has 0 spiro atoms. The SMILES string of the molecule is CCCNC1CCC(C)(C)CC1CN(C)CC1CCCO1. The van der Waals surface area contributed by atoms with Gasteiger partial charge < -0.3 is 15.0 Å². The van der Waals surface area contributed by atoms with Crippen LogP contribution in [-0.4, -0.2) is 50.3 Å². The lowest BCUT2D eigenvalue weighted by Gasteiger charge is -2.43. The Hall–Kier alpha value is -0.120. The first kappa shape index (κ1) is 17.2. The van der Waals surface area contributed by atoms with Crippen molar-refractivity contribution in [1.82, 2.24) is 10.2 Å². The molecule has 1 heterocycles. The molecule has 2 fully saturated rings. The van der Waals surface area contributed by atoms with Crippen molar-refractivity contribution in [2.45, 2.75) is 71.4 Å². The molecule has 21 heavy (non-hydrogen) atoms. The highest BCUT2D eigenvalue weighted by molar-refractivity contribution is 4.90.